The van der Waals surface area contributed by atoms with Crippen LogP contribution in [0.25, 0.3) is 0 Å². The van der Waals surface area contributed by atoms with Crippen LogP contribution in [0.2, 0.25) is 0 Å². The van der Waals surface area contributed by atoms with Gasteiger partial charge in [0.1, 0.15) is 11.8 Å². The minimum Gasteiger partial charge on any atom is -0.452 e. The lowest BCUT2D eigenvalue weighted by atomic mass is 10.0. The highest BCUT2D eigenvalue weighted by atomic mass is 79.9. The van der Waals surface area contributed by atoms with E-state index in [4.69, 9.17) is 10.2 Å². The summed E-state index contributed by atoms with van der Waals surface area (Å²) < 4.78 is 6.34. The molecule has 1 saturated heterocycles. The molecule has 4 nitrogen and oxygen atoms in total. The van der Waals surface area contributed by atoms with Gasteiger partial charge in [0.25, 0.3) is 0 Å². The van der Waals surface area contributed by atoms with Crippen LogP contribution in [0.1, 0.15) is 43.9 Å². The van der Waals surface area contributed by atoms with Gasteiger partial charge in [-0.1, -0.05) is 0 Å². The Hall–Kier alpha value is -0.810. The van der Waals surface area contributed by atoms with Crippen molar-refractivity contribution in [1.29, 1.82) is 0 Å². The molecule has 2 unspecified atom stereocenters. The second-order valence-electron chi connectivity index (χ2n) is 5.17. The maximum atomic E-state index is 12.2. The largest absolute Gasteiger partial charge is 0.452 e. The fraction of sp³-hybridized carbons (Fsp3) is 0.615. The summed E-state index contributed by atoms with van der Waals surface area (Å²) in [6, 6.07) is 4.02. The molecule has 2 aliphatic rings. The molecular weight excluding hydrogens is 296 g/mol. The monoisotopic (exact) mass is 312 g/mol. The normalized spacial score (nSPS) is 29.4. The molecule has 1 aliphatic carbocycles. The Morgan fingerprint density at radius 2 is 2.11 bits per heavy atom. The summed E-state index contributed by atoms with van der Waals surface area (Å²) in [5, 5.41) is 0. The smallest absolute Gasteiger partial charge is 0.223 e. The van der Waals surface area contributed by atoms with Crippen LogP contribution < -0.4 is 5.73 Å². The Balaban J connectivity index is 1.96. The summed E-state index contributed by atoms with van der Waals surface area (Å²) in [4.78, 5) is 14.2. The zero-order valence-corrected chi connectivity index (χ0v) is 11.7. The zero-order valence-electron chi connectivity index (χ0n) is 10.1. The molecule has 1 saturated carbocycles. The van der Waals surface area contributed by atoms with Crippen LogP contribution in [0.15, 0.2) is 21.2 Å². The van der Waals surface area contributed by atoms with Crippen LogP contribution in [0.5, 0.6) is 0 Å². The van der Waals surface area contributed by atoms with E-state index in [1.54, 1.807) is 0 Å². The number of hydrogen-bond acceptors (Lipinski definition) is 3. The Labute approximate surface area is 115 Å². The molecule has 2 N–H and O–H groups in total. The molecule has 0 bridgehead atoms. The second kappa shape index (κ2) is 4.70. The van der Waals surface area contributed by atoms with Crippen molar-refractivity contribution in [1.82, 2.24) is 4.90 Å². The summed E-state index contributed by atoms with van der Waals surface area (Å²) in [6.07, 6.45) is 4.55. The van der Waals surface area contributed by atoms with Crippen LogP contribution in [0, 0.1) is 0 Å². The zero-order chi connectivity index (χ0) is 12.7. The molecule has 1 aliphatic heterocycles. The van der Waals surface area contributed by atoms with Crippen LogP contribution >= 0.6 is 15.9 Å². The molecule has 2 atom stereocenters. The highest BCUT2D eigenvalue weighted by Crippen LogP contribution is 2.40. The SMILES string of the molecule is NC1CCCC(=O)N(C2CC2)C1c1ccc(Br)o1. The molecule has 2 fully saturated rings. The standard InChI is InChI=1S/C13H17BrN2O2/c14-11-7-6-10(18-11)13-9(15)2-1-3-12(17)16(13)8-4-5-8/h6-9,13H,1-5,15H2. The number of rotatable bonds is 2. The first kappa shape index (κ1) is 12.2. The Bertz CT molecular complexity index is 456. The average Bonchev–Trinajstić information content (AvgIpc) is 3.08. The number of amides is 1. The summed E-state index contributed by atoms with van der Waals surface area (Å²) in [5.74, 6) is 1.03. The first-order valence-electron chi connectivity index (χ1n) is 6.49. The van der Waals surface area contributed by atoms with Crippen molar-refractivity contribution < 1.29 is 9.21 Å². The average molecular weight is 313 g/mol. The molecule has 2 heterocycles. The topological polar surface area (TPSA) is 59.5 Å². The van der Waals surface area contributed by atoms with Crippen molar-refractivity contribution in [2.75, 3.05) is 0 Å². The van der Waals surface area contributed by atoms with Gasteiger partial charge in [0.15, 0.2) is 4.67 Å². The lowest BCUT2D eigenvalue weighted by molar-refractivity contribution is -0.134. The predicted molar refractivity (Wildman–Crippen MR) is 70.8 cm³/mol. The van der Waals surface area contributed by atoms with Crippen molar-refractivity contribution in [3.8, 4) is 0 Å². The van der Waals surface area contributed by atoms with Gasteiger partial charge in [-0.25, -0.2) is 0 Å². The Morgan fingerprint density at radius 1 is 1.33 bits per heavy atom. The van der Waals surface area contributed by atoms with E-state index in [1.807, 2.05) is 17.0 Å². The highest BCUT2D eigenvalue weighted by Gasteiger charge is 2.42. The van der Waals surface area contributed by atoms with Gasteiger partial charge in [-0.2, -0.15) is 0 Å². The number of furan rings is 1. The number of nitrogens with two attached hydrogens (primary N) is 1. The lowest BCUT2D eigenvalue weighted by Gasteiger charge is -2.32. The van der Waals surface area contributed by atoms with Gasteiger partial charge >= 0.3 is 0 Å². The summed E-state index contributed by atoms with van der Waals surface area (Å²) in [6.45, 7) is 0. The molecule has 1 amide bonds. The fourth-order valence-corrected chi connectivity index (χ4v) is 3.08. The number of carbonyl (C=O) groups excluding carboxylic acids is 1. The van der Waals surface area contributed by atoms with Crippen LogP contribution in [0.4, 0.5) is 0 Å². The lowest BCUT2D eigenvalue weighted by Crippen LogP contribution is -2.43. The number of hydrogen-bond donors (Lipinski definition) is 1. The van der Waals surface area contributed by atoms with E-state index in [2.05, 4.69) is 15.9 Å². The van der Waals surface area contributed by atoms with Crippen LogP contribution in [-0.2, 0) is 4.79 Å². The van der Waals surface area contributed by atoms with Crippen molar-refractivity contribution in [3.63, 3.8) is 0 Å². The molecular formula is C13H17BrN2O2. The van der Waals surface area contributed by atoms with Crippen molar-refractivity contribution in [3.05, 3.63) is 22.6 Å². The van der Waals surface area contributed by atoms with Crippen molar-refractivity contribution >= 4 is 21.8 Å². The number of likely N-dealkylation sites (tertiary alicyclic amines) is 1. The minimum atomic E-state index is -0.0983. The predicted octanol–water partition coefficient (Wildman–Crippen LogP) is 2.59. The molecule has 18 heavy (non-hydrogen) atoms. The molecule has 1 aromatic heterocycles. The van der Waals surface area contributed by atoms with Gasteiger partial charge in [0.2, 0.25) is 5.91 Å². The second-order valence-corrected chi connectivity index (χ2v) is 5.96. The molecule has 0 radical (unpaired) electrons. The van der Waals surface area contributed by atoms with E-state index < -0.39 is 0 Å². The van der Waals surface area contributed by atoms with E-state index in [9.17, 15) is 4.79 Å². The Morgan fingerprint density at radius 3 is 2.72 bits per heavy atom. The molecule has 0 aromatic carbocycles. The van der Waals surface area contributed by atoms with Gasteiger partial charge in [-0.15, -0.1) is 0 Å². The first-order chi connectivity index (χ1) is 8.66. The number of carbonyl (C=O) groups is 1. The van der Waals surface area contributed by atoms with Gasteiger partial charge in [-0.05, 0) is 53.7 Å². The van der Waals surface area contributed by atoms with Crippen LogP contribution in [0.3, 0.4) is 0 Å². The fourth-order valence-electron chi connectivity index (χ4n) is 2.76. The molecule has 98 valence electrons. The van der Waals surface area contributed by atoms with E-state index in [0.29, 0.717) is 17.1 Å². The molecule has 1 aromatic rings. The maximum Gasteiger partial charge on any atom is 0.223 e. The van der Waals surface area contributed by atoms with E-state index >= 15 is 0 Å². The molecule has 5 heteroatoms. The summed E-state index contributed by atoms with van der Waals surface area (Å²) >= 11 is 3.32. The third-order valence-corrected chi connectivity index (χ3v) is 4.17. The summed E-state index contributed by atoms with van der Waals surface area (Å²) in [7, 11) is 0. The van der Waals surface area contributed by atoms with Crippen LogP contribution in [-0.4, -0.2) is 22.9 Å². The Kier molecular flexibility index (Phi) is 3.20. The van der Waals surface area contributed by atoms with E-state index in [1.165, 1.54) is 0 Å². The van der Waals surface area contributed by atoms with E-state index in [0.717, 1.165) is 31.4 Å². The number of halogens is 1. The molecule has 0 spiro atoms. The summed E-state index contributed by atoms with van der Waals surface area (Å²) in [5.41, 5.74) is 6.27. The first-order valence-corrected chi connectivity index (χ1v) is 7.28. The van der Waals surface area contributed by atoms with Gasteiger partial charge in [0.05, 0.1) is 0 Å². The minimum absolute atomic E-state index is 0.0323. The third-order valence-electron chi connectivity index (χ3n) is 3.75. The number of nitrogens with zero attached hydrogens (tertiary/aromatic N) is 1. The third kappa shape index (κ3) is 2.21. The van der Waals surface area contributed by atoms with Gasteiger partial charge < -0.3 is 15.1 Å². The van der Waals surface area contributed by atoms with Crippen molar-refractivity contribution in [2.45, 2.75) is 50.2 Å². The van der Waals surface area contributed by atoms with Gasteiger partial charge in [-0.3, -0.25) is 4.79 Å². The van der Waals surface area contributed by atoms with Gasteiger partial charge in [0, 0.05) is 18.5 Å². The van der Waals surface area contributed by atoms with Crippen molar-refractivity contribution in [2.24, 2.45) is 5.73 Å². The maximum absolute atomic E-state index is 12.2. The molecule has 3 rings (SSSR count). The van der Waals surface area contributed by atoms with E-state index in [-0.39, 0.29) is 18.0 Å². The highest BCUT2D eigenvalue weighted by molar-refractivity contribution is 9.10. The quantitative estimate of drug-likeness (QED) is 0.913.